The second-order valence-corrected chi connectivity index (χ2v) is 6.50. The first kappa shape index (κ1) is 13.8. The van der Waals surface area contributed by atoms with E-state index < -0.39 is 0 Å². The minimum absolute atomic E-state index is 0.0559. The molecule has 1 N–H and O–H groups in total. The van der Waals surface area contributed by atoms with Crippen molar-refractivity contribution >= 4 is 17.4 Å². The Morgan fingerprint density at radius 2 is 1.47 bits per heavy atom. The summed E-state index contributed by atoms with van der Waals surface area (Å²) in [6, 6.07) is 7.13. The Morgan fingerprint density at radius 3 is 1.84 bits per heavy atom. The second kappa shape index (κ2) is 4.19. The molecule has 0 radical (unpaired) electrons. The molecule has 0 heterocycles. The smallest absolute Gasteiger partial charge is 0.221 e. The maximum absolute atomic E-state index is 12.5. The number of carbonyl (C=O) groups is 2. The van der Waals surface area contributed by atoms with Crippen molar-refractivity contribution in [3.8, 4) is 0 Å². The Morgan fingerprint density at radius 1 is 1.00 bits per heavy atom. The Bertz CT molecular complexity index is 512. The van der Waals surface area contributed by atoms with Crippen molar-refractivity contribution < 1.29 is 9.59 Å². The minimum Gasteiger partial charge on any atom is -0.326 e. The molecule has 1 amide bonds. The average molecular weight is 259 g/mol. The fourth-order valence-corrected chi connectivity index (χ4v) is 2.94. The van der Waals surface area contributed by atoms with Crippen LogP contribution in [0, 0.1) is 16.7 Å². The number of hydrogen-bond donors (Lipinski definition) is 1. The van der Waals surface area contributed by atoms with Crippen LogP contribution in [-0.4, -0.2) is 11.7 Å². The SMILES string of the molecule is CC(=O)Nc1ccc(C(=O)C2C(C)(C)C2(C)C)cc1. The fourth-order valence-electron chi connectivity index (χ4n) is 2.94. The lowest BCUT2D eigenvalue weighted by Crippen LogP contribution is -2.09. The Kier molecular flexibility index (Phi) is 3.04. The Hall–Kier alpha value is -1.64. The molecule has 0 spiro atoms. The van der Waals surface area contributed by atoms with Gasteiger partial charge in [-0.15, -0.1) is 0 Å². The normalized spacial score (nSPS) is 19.8. The molecule has 0 atom stereocenters. The zero-order valence-electron chi connectivity index (χ0n) is 12.2. The number of carbonyl (C=O) groups excluding carboxylic acids is 2. The van der Waals surface area contributed by atoms with Gasteiger partial charge in [0.05, 0.1) is 0 Å². The third kappa shape index (κ3) is 2.18. The van der Waals surface area contributed by atoms with Crippen molar-refractivity contribution in [2.45, 2.75) is 34.6 Å². The zero-order valence-corrected chi connectivity index (χ0v) is 12.2. The van der Waals surface area contributed by atoms with Crippen molar-refractivity contribution in [3.63, 3.8) is 0 Å². The maximum atomic E-state index is 12.5. The van der Waals surface area contributed by atoms with Gasteiger partial charge in [-0.05, 0) is 35.1 Å². The van der Waals surface area contributed by atoms with Crippen molar-refractivity contribution in [1.82, 2.24) is 0 Å². The number of nitrogens with one attached hydrogen (secondary N) is 1. The number of anilines is 1. The van der Waals surface area contributed by atoms with Crippen LogP contribution in [0.2, 0.25) is 0 Å². The highest BCUT2D eigenvalue weighted by atomic mass is 16.1. The zero-order chi connectivity index (χ0) is 14.4. The van der Waals surface area contributed by atoms with E-state index in [1.165, 1.54) is 6.92 Å². The maximum Gasteiger partial charge on any atom is 0.221 e. The number of rotatable bonds is 3. The van der Waals surface area contributed by atoms with Crippen LogP contribution in [-0.2, 0) is 4.79 Å². The molecule has 0 saturated heterocycles. The van der Waals surface area contributed by atoms with Crippen LogP contribution in [0.25, 0.3) is 0 Å². The van der Waals surface area contributed by atoms with E-state index in [1.54, 1.807) is 24.3 Å². The van der Waals surface area contributed by atoms with Crippen LogP contribution < -0.4 is 5.32 Å². The minimum atomic E-state index is -0.108. The lowest BCUT2D eigenvalue weighted by Gasteiger charge is -2.05. The van der Waals surface area contributed by atoms with E-state index in [-0.39, 0.29) is 28.4 Å². The monoisotopic (exact) mass is 259 g/mol. The van der Waals surface area contributed by atoms with Crippen LogP contribution in [0.3, 0.4) is 0 Å². The molecule has 1 fully saturated rings. The summed E-state index contributed by atoms with van der Waals surface area (Å²) < 4.78 is 0. The van der Waals surface area contributed by atoms with Gasteiger partial charge in [-0.2, -0.15) is 0 Å². The third-order valence-electron chi connectivity index (χ3n) is 4.77. The molecule has 102 valence electrons. The first-order valence-corrected chi connectivity index (χ1v) is 6.60. The molecule has 0 aliphatic heterocycles. The largest absolute Gasteiger partial charge is 0.326 e. The summed E-state index contributed by atoms with van der Waals surface area (Å²) in [5.41, 5.74) is 1.55. The summed E-state index contributed by atoms with van der Waals surface area (Å²) in [6.45, 7) is 10.0. The summed E-state index contributed by atoms with van der Waals surface area (Å²) >= 11 is 0. The van der Waals surface area contributed by atoms with E-state index in [0.29, 0.717) is 0 Å². The molecule has 3 heteroatoms. The van der Waals surface area contributed by atoms with Crippen molar-refractivity contribution in [2.75, 3.05) is 5.32 Å². The predicted octanol–water partition coefficient (Wildman–Crippen LogP) is 3.51. The van der Waals surface area contributed by atoms with Gasteiger partial charge in [0.2, 0.25) is 5.91 Å². The van der Waals surface area contributed by atoms with Crippen molar-refractivity contribution in [2.24, 2.45) is 16.7 Å². The van der Waals surface area contributed by atoms with E-state index in [2.05, 4.69) is 33.0 Å². The first-order valence-electron chi connectivity index (χ1n) is 6.60. The number of hydrogen-bond acceptors (Lipinski definition) is 2. The summed E-state index contributed by atoms with van der Waals surface area (Å²) in [7, 11) is 0. The molecule has 1 saturated carbocycles. The molecule has 1 aliphatic carbocycles. The topological polar surface area (TPSA) is 46.2 Å². The van der Waals surface area contributed by atoms with E-state index >= 15 is 0 Å². The third-order valence-corrected chi connectivity index (χ3v) is 4.77. The lowest BCUT2D eigenvalue weighted by molar-refractivity contribution is -0.114. The summed E-state index contributed by atoms with van der Waals surface area (Å²) in [5.74, 6) is 0.166. The molecule has 0 aromatic heterocycles. The number of amides is 1. The molecule has 0 bridgehead atoms. The van der Waals surface area contributed by atoms with Gasteiger partial charge in [0.25, 0.3) is 0 Å². The van der Waals surface area contributed by atoms with E-state index in [4.69, 9.17) is 0 Å². The summed E-state index contributed by atoms with van der Waals surface area (Å²) in [6.07, 6.45) is 0. The van der Waals surface area contributed by atoms with Crippen LogP contribution in [0.4, 0.5) is 5.69 Å². The molecular weight excluding hydrogens is 238 g/mol. The van der Waals surface area contributed by atoms with Gasteiger partial charge in [0, 0.05) is 24.1 Å². The summed E-state index contributed by atoms with van der Waals surface area (Å²) in [4.78, 5) is 23.4. The quantitative estimate of drug-likeness (QED) is 0.844. The molecule has 1 aromatic carbocycles. The molecule has 19 heavy (non-hydrogen) atoms. The highest BCUT2D eigenvalue weighted by molar-refractivity contribution is 6.01. The Balaban J connectivity index is 2.16. The first-order chi connectivity index (χ1) is 8.68. The van der Waals surface area contributed by atoms with Gasteiger partial charge < -0.3 is 5.32 Å². The van der Waals surface area contributed by atoms with Crippen molar-refractivity contribution in [3.05, 3.63) is 29.8 Å². The molecule has 1 aliphatic rings. The average Bonchev–Trinajstić information content (AvgIpc) is 2.68. The number of ketones is 1. The second-order valence-electron chi connectivity index (χ2n) is 6.50. The highest BCUT2D eigenvalue weighted by Gasteiger charge is 2.67. The van der Waals surface area contributed by atoms with Crippen molar-refractivity contribution in [1.29, 1.82) is 0 Å². The molecule has 0 unspecified atom stereocenters. The summed E-state index contributed by atoms with van der Waals surface area (Å²) in [5, 5.41) is 2.70. The van der Waals surface area contributed by atoms with E-state index in [1.807, 2.05) is 0 Å². The van der Waals surface area contributed by atoms with Gasteiger partial charge in [-0.25, -0.2) is 0 Å². The molecular formula is C16H21NO2. The van der Waals surface area contributed by atoms with Gasteiger partial charge in [-0.1, -0.05) is 27.7 Å². The van der Waals surface area contributed by atoms with Crippen LogP contribution in [0.1, 0.15) is 45.0 Å². The van der Waals surface area contributed by atoms with Gasteiger partial charge >= 0.3 is 0 Å². The fraction of sp³-hybridized carbons (Fsp3) is 0.500. The van der Waals surface area contributed by atoms with Gasteiger partial charge in [-0.3, -0.25) is 9.59 Å². The van der Waals surface area contributed by atoms with E-state index in [0.717, 1.165) is 11.3 Å². The lowest BCUT2D eigenvalue weighted by atomic mass is 10.0. The Labute approximate surface area is 114 Å². The predicted molar refractivity (Wildman–Crippen MR) is 76.1 cm³/mol. The number of benzene rings is 1. The highest BCUT2D eigenvalue weighted by Crippen LogP contribution is 2.69. The van der Waals surface area contributed by atoms with E-state index in [9.17, 15) is 9.59 Å². The van der Waals surface area contributed by atoms with Crippen LogP contribution >= 0.6 is 0 Å². The molecule has 1 aromatic rings. The standard InChI is InChI=1S/C16H21NO2/c1-10(18)17-12-8-6-11(7-9-12)13(19)14-15(2,3)16(14,4)5/h6-9,14H,1-5H3,(H,17,18). The van der Waals surface area contributed by atoms with Crippen LogP contribution in [0.15, 0.2) is 24.3 Å². The number of Topliss-reactive ketones (excluding diaryl/α,β-unsaturated/α-hetero) is 1. The van der Waals surface area contributed by atoms with Gasteiger partial charge in [0.1, 0.15) is 0 Å². The van der Waals surface area contributed by atoms with Gasteiger partial charge in [0.15, 0.2) is 5.78 Å². The van der Waals surface area contributed by atoms with Crippen LogP contribution in [0.5, 0.6) is 0 Å². The molecule has 3 nitrogen and oxygen atoms in total. The molecule has 2 rings (SSSR count).